The van der Waals surface area contributed by atoms with E-state index in [1.807, 2.05) is 27.7 Å². The van der Waals surface area contributed by atoms with Crippen LogP contribution in [0.1, 0.15) is 37.6 Å². The third-order valence-corrected chi connectivity index (χ3v) is 5.32. The maximum absolute atomic E-state index is 12.9. The van der Waals surface area contributed by atoms with Crippen molar-refractivity contribution in [2.45, 2.75) is 38.1 Å². The summed E-state index contributed by atoms with van der Waals surface area (Å²) in [6.07, 6.45) is 2.95. The minimum atomic E-state index is -3.88. The fraction of sp³-hybridized carbons (Fsp3) is 0.294. The summed E-state index contributed by atoms with van der Waals surface area (Å²) in [4.78, 5) is 9.90. The van der Waals surface area contributed by atoms with Crippen LogP contribution in [0.5, 0.6) is 0 Å². The fourth-order valence-corrected chi connectivity index (χ4v) is 4.19. The lowest BCUT2D eigenvalue weighted by Gasteiger charge is -2.18. The Morgan fingerprint density at radius 1 is 1.24 bits per heavy atom. The Morgan fingerprint density at radius 2 is 1.96 bits per heavy atom. The Bertz CT molecular complexity index is 1090. The van der Waals surface area contributed by atoms with E-state index in [0.717, 1.165) is 5.56 Å². The summed E-state index contributed by atoms with van der Waals surface area (Å²) < 4.78 is 28.3. The molecule has 3 N–H and O–H groups in total. The predicted octanol–water partition coefficient (Wildman–Crippen LogP) is 3.17. The average Bonchev–Trinajstić information content (AvgIpc) is 3.16. The molecule has 8 heteroatoms. The molecule has 0 aliphatic carbocycles. The molecule has 130 valence electrons. The lowest BCUT2D eigenvalue weighted by Crippen LogP contribution is -2.21. The maximum atomic E-state index is 12.9. The molecule has 1 aromatic carbocycles. The quantitative estimate of drug-likeness (QED) is 0.668. The van der Waals surface area contributed by atoms with Crippen LogP contribution in [-0.4, -0.2) is 23.4 Å². The number of fused-ring (bicyclic) bond motifs is 1. The Morgan fingerprint density at radius 3 is 2.60 bits per heavy atom. The van der Waals surface area contributed by atoms with Gasteiger partial charge in [0.2, 0.25) is 0 Å². The Kier molecular flexibility index (Phi) is 3.84. The first kappa shape index (κ1) is 17.0. The summed E-state index contributed by atoms with van der Waals surface area (Å²) in [6.45, 7) is 7.61. The number of nitrogens with zero attached hydrogens (tertiary/aromatic N) is 2. The van der Waals surface area contributed by atoms with E-state index in [4.69, 9.17) is 0 Å². The van der Waals surface area contributed by atoms with E-state index in [-0.39, 0.29) is 5.03 Å². The lowest BCUT2D eigenvalue weighted by atomic mass is 9.93. The van der Waals surface area contributed by atoms with Gasteiger partial charge in [-0.3, -0.25) is 4.72 Å². The number of anilines is 1. The highest BCUT2D eigenvalue weighted by atomic mass is 32.2. The molecule has 0 fully saturated rings. The van der Waals surface area contributed by atoms with Gasteiger partial charge >= 0.3 is 0 Å². The fourth-order valence-electron chi connectivity index (χ4n) is 2.81. The highest BCUT2D eigenvalue weighted by Crippen LogP contribution is 2.31. The first-order chi connectivity index (χ1) is 11.6. The van der Waals surface area contributed by atoms with Crippen molar-refractivity contribution in [3.05, 3.63) is 41.5 Å². The van der Waals surface area contributed by atoms with Gasteiger partial charge in [-0.05, 0) is 18.6 Å². The zero-order chi connectivity index (χ0) is 18.4. The van der Waals surface area contributed by atoms with E-state index < -0.39 is 15.4 Å². The van der Waals surface area contributed by atoms with E-state index >= 15 is 0 Å². The first-order valence-electron chi connectivity index (χ1n) is 7.72. The van der Waals surface area contributed by atoms with Crippen molar-refractivity contribution >= 4 is 26.6 Å². The summed E-state index contributed by atoms with van der Waals surface area (Å²) in [7, 11) is -3.88. The van der Waals surface area contributed by atoms with Gasteiger partial charge in [0.05, 0.1) is 28.8 Å². The number of aromatic amines is 2. The van der Waals surface area contributed by atoms with Gasteiger partial charge < -0.3 is 9.97 Å². The van der Waals surface area contributed by atoms with Crippen molar-refractivity contribution in [1.82, 2.24) is 15.0 Å². The van der Waals surface area contributed by atoms with E-state index in [1.54, 1.807) is 18.3 Å². The van der Waals surface area contributed by atoms with Crippen molar-refractivity contribution in [1.29, 1.82) is 5.26 Å². The zero-order valence-corrected chi connectivity index (χ0v) is 15.2. The van der Waals surface area contributed by atoms with Crippen LogP contribution in [-0.2, 0) is 15.4 Å². The number of nitriles is 1. The molecule has 0 saturated carbocycles. The number of aromatic nitrogens is 3. The summed E-state index contributed by atoms with van der Waals surface area (Å²) in [6, 6.07) is 5.57. The normalized spacial score (nSPS) is 12.3. The van der Waals surface area contributed by atoms with E-state index in [9.17, 15) is 13.7 Å². The second kappa shape index (κ2) is 5.63. The molecule has 0 aliphatic rings. The number of hydrogen-bond acceptors (Lipinski definition) is 4. The van der Waals surface area contributed by atoms with Gasteiger partial charge in [0.25, 0.3) is 10.0 Å². The molecule has 0 bridgehead atoms. The van der Waals surface area contributed by atoms with Gasteiger partial charge in [-0.1, -0.05) is 26.8 Å². The molecular formula is C17H19N5O2S. The molecule has 0 radical (unpaired) electrons. The number of hydrogen-bond donors (Lipinski definition) is 3. The third kappa shape index (κ3) is 2.87. The number of rotatable bonds is 3. The monoisotopic (exact) mass is 357 g/mol. The minimum absolute atomic E-state index is 0.0270. The van der Waals surface area contributed by atoms with Crippen molar-refractivity contribution in [2.75, 3.05) is 4.72 Å². The molecular weight excluding hydrogens is 338 g/mol. The number of sulfonamides is 1. The molecule has 0 saturated heterocycles. The molecule has 0 amide bonds. The van der Waals surface area contributed by atoms with Gasteiger partial charge in [0.15, 0.2) is 5.03 Å². The summed E-state index contributed by atoms with van der Waals surface area (Å²) in [5, 5.41) is 9.91. The smallest absolute Gasteiger partial charge is 0.281 e. The third-order valence-electron chi connectivity index (χ3n) is 4.02. The van der Waals surface area contributed by atoms with Crippen LogP contribution < -0.4 is 4.72 Å². The van der Waals surface area contributed by atoms with Crippen molar-refractivity contribution < 1.29 is 8.42 Å². The number of aryl methyl sites for hydroxylation is 1. The van der Waals surface area contributed by atoms with Gasteiger partial charge in [-0.2, -0.15) is 13.7 Å². The van der Waals surface area contributed by atoms with Crippen LogP contribution in [0.2, 0.25) is 0 Å². The molecule has 0 atom stereocenters. The molecule has 0 aliphatic heterocycles. The van der Waals surface area contributed by atoms with E-state index in [1.165, 1.54) is 6.33 Å². The predicted molar refractivity (Wildman–Crippen MR) is 95.8 cm³/mol. The lowest BCUT2D eigenvalue weighted by molar-refractivity contribution is 0.547. The number of imidazole rings is 1. The highest BCUT2D eigenvalue weighted by molar-refractivity contribution is 7.92. The summed E-state index contributed by atoms with van der Waals surface area (Å²) in [5.41, 5.74) is 2.46. The van der Waals surface area contributed by atoms with Crippen LogP contribution >= 0.6 is 0 Å². The first-order valence-corrected chi connectivity index (χ1v) is 9.21. The number of nitrogens with one attached hydrogen (secondary N) is 3. The standard InChI is InChI=1S/C17H19N5O2S/c1-10-5-6-12(14-13(10)11(7-18)8-19-14)22-25(23,24)16-15(17(2,3)4)20-9-21-16/h5-6,8-9,19,22H,1-4H3,(H,20,21). The summed E-state index contributed by atoms with van der Waals surface area (Å²) in [5.74, 6) is 0. The topological polar surface area (TPSA) is 114 Å². The van der Waals surface area contributed by atoms with Crippen LogP contribution in [0.4, 0.5) is 5.69 Å². The average molecular weight is 357 g/mol. The van der Waals surface area contributed by atoms with Crippen LogP contribution in [0.25, 0.3) is 10.9 Å². The Hall–Kier alpha value is -2.79. The molecule has 0 spiro atoms. The van der Waals surface area contributed by atoms with Crippen LogP contribution in [0, 0.1) is 18.3 Å². The molecule has 2 aromatic heterocycles. The minimum Gasteiger partial charge on any atom is -0.358 e. The maximum Gasteiger partial charge on any atom is 0.281 e. The Balaban J connectivity index is 2.11. The molecule has 2 heterocycles. The van der Waals surface area contributed by atoms with E-state index in [0.29, 0.717) is 27.8 Å². The summed E-state index contributed by atoms with van der Waals surface area (Å²) >= 11 is 0. The number of benzene rings is 1. The van der Waals surface area contributed by atoms with Gasteiger partial charge in [-0.15, -0.1) is 0 Å². The van der Waals surface area contributed by atoms with Gasteiger partial charge in [0, 0.05) is 17.0 Å². The van der Waals surface area contributed by atoms with Crippen LogP contribution in [0.3, 0.4) is 0 Å². The molecule has 7 nitrogen and oxygen atoms in total. The second-order valence-corrected chi connectivity index (χ2v) is 8.53. The largest absolute Gasteiger partial charge is 0.358 e. The molecule has 0 unspecified atom stereocenters. The van der Waals surface area contributed by atoms with Crippen molar-refractivity contribution in [3.63, 3.8) is 0 Å². The number of H-pyrrole nitrogens is 2. The van der Waals surface area contributed by atoms with Crippen LogP contribution in [0.15, 0.2) is 29.7 Å². The molecule has 3 rings (SSSR count). The van der Waals surface area contributed by atoms with E-state index in [2.05, 4.69) is 25.7 Å². The molecule has 3 aromatic rings. The second-order valence-electron chi connectivity index (χ2n) is 6.93. The van der Waals surface area contributed by atoms with Crippen molar-refractivity contribution in [3.8, 4) is 6.07 Å². The van der Waals surface area contributed by atoms with Gasteiger partial charge in [0.1, 0.15) is 6.07 Å². The van der Waals surface area contributed by atoms with Crippen molar-refractivity contribution in [2.24, 2.45) is 0 Å². The molecule has 25 heavy (non-hydrogen) atoms. The zero-order valence-electron chi connectivity index (χ0n) is 14.4. The van der Waals surface area contributed by atoms with Gasteiger partial charge in [-0.25, -0.2) is 4.98 Å². The highest BCUT2D eigenvalue weighted by Gasteiger charge is 2.29. The SMILES string of the molecule is Cc1ccc(NS(=O)(=O)c2nc[nH]c2C(C)(C)C)c2[nH]cc(C#N)c12. The Labute approximate surface area is 146 Å².